The third-order valence-corrected chi connectivity index (χ3v) is 6.11. The average Bonchev–Trinajstić information content (AvgIpc) is 2.69. The Morgan fingerprint density at radius 2 is 1.56 bits per heavy atom. The molecule has 3 aromatic rings. The molecule has 7 heteroatoms. The Bertz CT molecular complexity index is 1060. The zero-order valence-corrected chi connectivity index (χ0v) is 16.4. The molecule has 0 bridgehead atoms. The number of hydrogen-bond acceptors (Lipinski definition) is 5. The predicted molar refractivity (Wildman–Crippen MR) is 103 cm³/mol. The van der Waals surface area contributed by atoms with Crippen LogP contribution in [0, 0.1) is 0 Å². The van der Waals surface area contributed by atoms with Crippen LogP contribution in [-0.4, -0.2) is 19.5 Å². The van der Waals surface area contributed by atoms with Gasteiger partial charge in [0.25, 0.3) is 0 Å². The Balaban J connectivity index is 1.71. The van der Waals surface area contributed by atoms with Gasteiger partial charge in [0.15, 0.2) is 0 Å². The SMILES string of the molecule is O=C(OCc1ccc(S(=O)(=O)c2ccccc2)cc1)c1cc(Br)ccc1O. The fourth-order valence-corrected chi connectivity index (χ4v) is 4.04. The number of carbonyl (C=O) groups is 1. The van der Waals surface area contributed by atoms with E-state index >= 15 is 0 Å². The fourth-order valence-electron chi connectivity index (χ4n) is 2.40. The van der Waals surface area contributed by atoms with Crippen molar-refractivity contribution in [3.05, 3.63) is 88.4 Å². The number of carbonyl (C=O) groups excluding carboxylic acids is 1. The lowest BCUT2D eigenvalue weighted by Gasteiger charge is -2.08. The molecule has 0 aromatic heterocycles. The van der Waals surface area contributed by atoms with Crippen LogP contribution < -0.4 is 0 Å². The van der Waals surface area contributed by atoms with Gasteiger partial charge in [-0.2, -0.15) is 0 Å². The number of ether oxygens (including phenoxy) is 1. The fraction of sp³-hybridized carbons (Fsp3) is 0.0500. The molecule has 3 rings (SSSR count). The summed E-state index contributed by atoms with van der Waals surface area (Å²) in [7, 11) is -3.59. The van der Waals surface area contributed by atoms with Crippen molar-refractivity contribution >= 4 is 31.7 Å². The number of halogens is 1. The van der Waals surface area contributed by atoms with Gasteiger partial charge in [-0.15, -0.1) is 0 Å². The molecule has 0 atom stereocenters. The number of hydrogen-bond donors (Lipinski definition) is 1. The van der Waals surface area contributed by atoms with E-state index in [0.717, 1.165) is 0 Å². The number of phenolic OH excluding ortho intramolecular Hbond substituents is 1. The number of benzene rings is 3. The topological polar surface area (TPSA) is 80.7 Å². The Kier molecular flexibility index (Phi) is 5.62. The van der Waals surface area contributed by atoms with Crippen LogP contribution in [0.15, 0.2) is 87.1 Å². The molecule has 0 fully saturated rings. The van der Waals surface area contributed by atoms with Gasteiger partial charge in [-0.3, -0.25) is 0 Å². The molecule has 0 amide bonds. The van der Waals surface area contributed by atoms with Gasteiger partial charge in [-0.05, 0) is 48.0 Å². The largest absolute Gasteiger partial charge is 0.507 e. The minimum atomic E-state index is -3.59. The lowest BCUT2D eigenvalue weighted by atomic mass is 10.2. The molecule has 5 nitrogen and oxygen atoms in total. The highest BCUT2D eigenvalue weighted by atomic mass is 79.9. The standard InChI is InChI=1S/C20H15BrO5S/c21-15-8-11-19(22)18(12-15)20(23)26-13-14-6-9-17(10-7-14)27(24,25)16-4-2-1-3-5-16/h1-12,22H,13H2. The van der Waals surface area contributed by atoms with E-state index in [9.17, 15) is 18.3 Å². The molecule has 0 saturated heterocycles. The van der Waals surface area contributed by atoms with E-state index in [-0.39, 0.29) is 27.7 Å². The molecule has 0 radical (unpaired) electrons. The highest BCUT2D eigenvalue weighted by molar-refractivity contribution is 9.10. The predicted octanol–water partition coefficient (Wildman–Crippen LogP) is 4.34. The summed E-state index contributed by atoms with van der Waals surface area (Å²) in [6.07, 6.45) is 0. The molecule has 0 aliphatic heterocycles. The maximum Gasteiger partial charge on any atom is 0.342 e. The smallest absolute Gasteiger partial charge is 0.342 e. The van der Waals surface area contributed by atoms with Crippen molar-refractivity contribution in [1.29, 1.82) is 0 Å². The highest BCUT2D eigenvalue weighted by Gasteiger charge is 2.17. The minimum Gasteiger partial charge on any atom is -0.507 e. The van der Waals surface area contributed by atoms with Gasteiger partial charge in [0.2, 0.25) is 9.84 Å². The molecule has 1 N–H and O–H groups in total. The van der Waals surface area contributed by atoms with E-state index in [1.165, 1.54) is 36.4 Å². The van der Waals surface area contributed by atoms with Crippen LogP contribution in [0.4, 0.5) is 0 Å². The van der Waals surface area contributed by atoms with Crippen molar-refractivity contribution in [3.8, 4) is 5.75 Å². The summed E-state index contributed by atoms with van der Waals surface area (Å²) >= 11 is 3.23. The Labute approximate surface area is 165 Å². The van der Waals surface area contributed by atoms with E-state index in [0.29, 0.717) is 10.0 Å². The zero-order chi connectivity index (χ0) is 19.4. The van der Waals surface area contributed by atoms with Gasteiger partial charge in [0, 0.05) is 4.47 Å². The summed E-state index contributed by atoms with van der Waals surface area (Å²) in [4.78, 5) is 12.5. The molecule has 0 unspecified atom stereocenters. The zero-order valence-electron chi connectivity index (χ0n) is 14.0. The number of aromatic hydroxyl groups is 1. The minimum absolute atomic E-state index is 0.0452. The van der Waals surface area contributed by atoms with Crippen molar-refractivity contribution in [2.45, 2.75) is 16.4 Å². The highest BCUT2D eigenvalue weighted by Crippen LogP contribution is 2.24. The Morgan fingerprint density at radius 1 is 0.926 bits per heavy atom. The first-order valence-corrected chi connectivity index (χ1v) is 10.2. The van der Waals surface area contributed by atoms with Gasteiger partial charge in [0.1, 0.15) is 17.9 Å². The van der Waals surface area contributed by atoms with Crippen LogP contribution in [-0.2, 0) is 21.2 Å². The third kappa shape index (κ3) is 4.37. The average molecular weight is 447 g/mol. The molecular weight excluding hydrogens is 432 g/mol. The summed E-state index contributed by atoms with van der Waals surface area (Å²) in [6.45, 7) is -0.0452. The second-order valence-electron chi connectivity index (χ2n) is 5.70. The van der Waals surface area contributed by atoms with Gasteiger partial charge < -0.3 is 9.84 Å². The maximum absolute atomic E-state index is 12.5. The van der Waals surface area contributed by atoms with Crippen LogP contribution in [0.3, 0.4) is 0 Å². The number of rotatable bonds is 5. The van der Waals surface area contributed by atoms with Crippen molar-refractivity contribution in [1.82, 2.24) is 0 Å². The van der Waals surface area contributed by atoms with Crippen LogP contribution >= 0.6 is 15.9 Å². The van der Waals surface area contributed by atoms with E-state index in [1.54, 1.807) is 36.4 Å². The first-order valence-electron chi connectivity index (χ1n) is 7.92. The molecule has 0 saturated carbocycles. The van der Waals surface area contributed by atoms with Gasteiger partial charge in [-0.25, -0.2) is 13.2 Å². The summed E-state index contributed by atoms with van der Waals surface area (Å²) in [6, 6.07) is 18.7. The number of phenols is 1. The third-order valence-electron chi connectivity index (χ3n) is 3.84. The monoisotopic (exact) mass is 446 g/mol. The molecule has 138 valence electrons. The van der Waals surface area contributed by atoms with Gasteiger partial charge >= 0.3 is 5.97 Å². The molecule has 0 heterocycles. The second kappa shape index (κ2) is 7.94. The summed E-state index contributed by atoms with van der Waals surface area (Å²) in [5.41, 5.74) is 0.678. The van der Waals surface area contributed by atoms with Crippen molar-refractivity contribution in [3.63, 3.8) is 0 Å². The van der Waals surface area contributed by atoms with Crippen molar-refractivity contribution in [2.24, 2.45) is 0 Å². The lowest BCUT2D eigenvalue weighted by molar-refractivity contribution is 0.0469. The lowest BCUT2D eigenvalue weighted by Crippen LogP contribution is -2.06. The molecule has 0 aliphatic rings. The van der Waals surface area contributed by atoms with Crippen molar-refractivity contribution < 1.29 is 23.1 Å². The van der Waals surface area contributed by atoms with Crippen LogP contribution in [0.1, 0.15) is 15.9 Å². The number of esters is 1. The summed E-state index contributed by atoms with van der Waals surface area (Å²) in [5.74, 6) is -0.845. The number of sulfone groups is 1. The van der Waals surface area contributed by atoms with Crippen LogP contribution in [0.25, 0.3) is 0 Å². The molecule has 3 aromatic carbocycles. The normalized spacial score (nSPS) is 11.1. The Morgan fingerprint density at radius 3 is 2.22 bits per heavy atom. The molecule has 27 heavy (non-hydrogen) atoms. The first kappa shape index (κ1) is 19.1. The summed E-state index contributed by atoms with van der Waals surface area (Å²) < 4.78 is 30.9. The van der Waals surface area contributed by atoms with E-state index in [1.807, 2.05) is 0 Å². The summed E-state index contributed by atoms with van der Waals surface area (Å²) in [5, 5.41) is 9.75. The van der Waals surface area contributed by atoms with Crippen LogP contribution in [0.5, 0.6) is 5.75 Å². The molecular formula is C20H15BrO5S. The van der Waals surface area contributed by atoms with Gasteiger partial charge in [0.05, 0.1) is 9.79 Å². The van der Waals surface area contributed by atoms with Gasteiger partial charge in [-0.1, -0.05) is 46.3 Å². The Hall–Kier alpha value is -2.64. The maximum atomic E-state index is 12.5. The van der Waals surface area contributed by atoms with Crippen molar-refractivity contribution in [2.75, 3.05) is 0 Å². The first-order chi connectivity index (χ1) is 12.9. The van der Waals surface area contributed by atoms with Crippen LogP contribution in [0.2, 0.25) is 0 Å². The van der Waals surface area contributed by atoms with E-state index in [2.05, 4.69) is 15.9 Å². The van der Waals surface area contributed by atoms with E-state index in [4.69, 9.17) is 4.74 Å². The molecule has 0 aliphatic carbocycles. The van der Waals surface area contributed by atoms with E-state index < -0.39 is 15.8 Å². The molecule has 0 spiro atoms. The second-order valence-corrected chi connectivity index (χ2v) is 8.56. The quantitative estimate of drug-likeness (QED) is 0.589.